The molecular weight excluding hydrogens is 395 g/mol. The van der Waals surface area contributed by atoms with Gasteiger partial charge in [-0.15, -0.1) is 0 Å². The van der Waals surface area contributed by atoms with Gasteiger partial charge in [-0.05, 0) is 37.1 Å². The van der Waals surface area contributed by atoms with E-state index in [1.165, 1.54) is 29.2 Å². The second-order valence-corrected chi connectivity index (χ2v) is 8.91. The lowest BCUT2D eigenvalue weighted by atomic mass is 10.0. The molecule has 0 aliphatic carbocycles. The highest BCUT2D eigenvalue weighted by atomic mass is 32.2. The predicted octanol–water partition coefficient (Wildman–Crippen LogP) is 2.97. The molecule has 8 heteroatoms. The van der Waals surface area contributed by atoms with Crippen molar-refractivity contribution < 1.29 is 22.3 Å². The average molecular weight is 423 g/mol. The number of aryl methyl sites for hydroxylation is 1. The van der Waals surface area contributed by atoms with Gasteiger partial charge in [0.25, 0.3) is 0 Å². The smallest absolute Gasteiger partial charge is 0.241 e. The van der Waals surface area contributed by atoms with Crippen molar-refractivity contribution >= 4 is 15.9 Å². The highest BCUT2D eigenvalue weighted by molar-refractivity contribution is 7.89. The van der Waals surface area contributed by atoms with E-state index in [4.69, 9.17) is 4.74 Å². The molecule has 1 unspecified atom stereocenters. The SMILES string of the molecule is Cc1ccc(S(=O)(=O)NC(C(=O)N(C)CCOc2ccccc2F)C(C)C)cc1. The number of nitrogens with zero attached hydrogens (tertiary/aromatic N) is 1. The van der Waals surface area contributed by atoms with E-state index in [1.807, 2.05) is 6.92 Å². The molecular formula is C21H27FN2O4S. The molecule has 0 aliphatic heterocycles. The number of carbonyl (C=O) groups excluding carboxylic acids is 1. The number of halogens is 1. The van der Waals surface area contributed by atoms with Gasteiger partial charge in [0.1, 0.15) is 12.6 Å². The fraction of sp³-hybridized carbons (Fsp3) is 0.381. The van der Waals surface area contributed by atoms with Crippen molar-refractivity contribution in [2.75, 3.05) is 20.2 Å². The molecule has 2 aromatic carbocycles. The first-order chi connectivity index (χ1) is 13.6. The van der Waals surface area contributed by atoms with Crippen LogP contribution >= 0.6 is 0 Å². The van der Waals surface area contributed by atoms with Crippen molar-refractivity contribution in [1.82, 2.24) is 9.62 Å². The second-order valence-electron chi connectivity index (χ2n) is 7.19. The fourth-order valence-corrected chi connectivity index (χ4v) is 3.96. The Balaban J connectivity index is 2.02. The van der Waals surface area contributed by atoms with Gasteiger partial charge in [0, 0.05) is 7.05 Å². The first-order valence-electron chi connectivity index (χ1n) is 9.33. The number of ether oxygens (including phenoxy) is 1. The Morgan fingerprint density at radius 2 is 1.76 bits per heavy atom. The minimum absolute atomic E-state index is 0.0820. The summed E-state index contributed by atoms with van der Waals surface area (Å²) in [6.07, 6.45) is 0. The number of likely N-dealkylation sites (N-methyl/N-ethyl adjacent to an activating group) is 1. The number of para-hydroxylation sites is 1. The molecule has 29 heavy (non-hydrogen) atoms. The maximum absolute atomic E-state index is 13.6. The van der Waals surface area contributed by atoms with Crippen LogP contribution in [0.25, 0.3) is 0 Å². The lowest BCUT2D eigenvalue weighted by molar-refractivity contribution is -0.133. The van der Waals surface area contributed by atoms with Crippen LogP contribution in [-0.4, -0.2) is 45.5 Å². The van der Waals surface area contributed by atoms with E-state index < -0.39 is 21.9 Å². The van der Waals surface area contributed by atoms with Crippen molar-refractivity contribution in [3.8, 4) is 5.75 Å². The minimum atomic E-state index is -3.85. The van der Waals surface area contributed by atoms with E-state index in [2.05, 4.69) is 4.72 Å². The molecule has 0 bridgehead atoms. The van der Waals surface area contributed by atoms with Gasteiger partial charge in [-0.1, -0.05) is 43.7 Å². The molecule has 0 radical (unpaired) electrons. The molecule has 158 valence electrons. The standard InChI is InChI=1S/C21H27FN2O4S/c1-15(2)20(23-29(26,27)17-11-9-16(3)10-12-17)21(25)24(4)13-14-28-19-8-6-5-7-18(19)22/h5-12,15,20,23H,13-14H2,1-4H3. The van der Waals surface area contributed by atoms with Gasteiger partial charge in [0.2, 0.25) is 15.9 Å². The van der Waals surface area contributed by atoms with Crippen LogP contribution in [0.15, 0.2) is 53.4 Å². The molecule has 0 saturated heterocycles. The summed E-state index contributed by atoms with van der Waals surface area (Å²) >= 11 is 0. The van der Waals surface area contributed by atoms with Crippen molar-refractivity contribution in [1.29, 1.82) is 0 Å². The number of carbonyl (C=O) groups is 1. The summed E-state index contributed by atoms with van der Waals surface area (Å²) in [4.78, 5) is 14.3. The summed E-state index contributed by atoms with van der Waals surface area (Å²) in [5, 5.41) is 0. The van der Waals surface area contributed by atoms with Gasteiger partial charge in [0.05, 0.1) is 11.4 Å². The van der Waals surface area contributed by atoms with Crippen molar-refractivity contribution in [3.63, 3.8) is 0 Å². The van der Waals surface area contributed by atoms with Crippen LogP contribution in [0.3, 0.4) is 0 Å². The van der Waals surface area contributed by atoms with E-state index in [0.717, 1.165) is 5.56 Å². The summed E-state index contributed by atoms with van der Waals surface area (Å²) in [6, 6.07) is 11.5. The van der Waals surface area contributed by atoms with E-state index in [0.29, 0.717) is 0 Å². The summed E-state index contributed by atoms with van der Waals surface area (Å²) in [7, 11) is -2.29. The van der Waals surface area contributed by atoms with Crippen LogP contribution in [0.4, 0.5) is 4.39 Å². The molecule has 0 spiro atoms. The molecule has 0 fully saturated rings. The van der Waals surface area contributed by atoms with E-state index in [1.54, 1.807) is 45.2 Å². The quantitative estimate of drug-likeness (QED) is 0.674. The van der Waals surface area contributed by atoms with Crippen molar-refractivity contribution in [2.24, 2.45) is 5.92 Å². The maximum atomic E-state index is 13.6. The van der Waals surface area contributed by atoms with Crippen molar-refractivity contribution in [2.45, 2.75) is 31.7 Å². The molecule has 0 heterocycles. The molecule has 2 rings (SSSR count). The number of rotatable bonds is 9. The molecule has 6 nitrogen and oxygen atoms in total. The highest BCUT2D eigenvalue weighted by Crippen LogP contribution is 2.16. The number of hydrogen-bond donors (Lipinski definition) is 1. The third kappa shape index (κ3) is 6.27. The lowest BCUT2D eigenvalue weighted by Crippen LogP contribution is -2.50. The molecule has 2 aromatic rings. The monoisotopic (exact) mass is 422 g/mol. The lowest BCUT2D eigenvalue weighted by Gasteiger charge is -2.27. The Bertz CT molecular complexity index is 930. The zero-order valence-electron chi connectivity index (χ0n) is 17.1. The van der Waals surface area contributed by atoms with Crippen LogP contribution < -0.4 is 9.46 Å². The minimum Gasteiger partial charge on any atom is -0.489 e. The van der Waals surface area contributed by atoms with E-state index >= 15 is 0 Å². The zero-order valence-corrected chi connectivity index (χ0v) is 17.9. The summed E-state index contributed by atoms with van der Waals surface area (Å²) in [5.41, 5.74) is 0.940. The Hall–Kier alpha value is -2.45. The Morgan fingerprint density at radius 3 is 2.34 bits per heavy atom. The molecule has 1 N–H and O–H groups in total. The van der Waals surface area contributed by atoms with Crippen LogP contribution in [0.1, 0.15) is 19.4 Å². The highest BCUT2D eigenvalue weighted by Gasteiger charge is 2.30. The van der Waals surface area contributed by atoms with Crippen LogP contribution in [0.2, 0.25) is 0 Å². The molecule has 1 amide bonds. The van der Waals surface area contributed by atoms with Gasteiger partial charge >= 0.3 is 0 Å². The van der Waals surface area contributed by atoms with Crippen LogP contribution in [0, 0.1) is 18.7 Å². The number of hydrogen-bond acceptors (Lipinski definition) is 4. The summed E-state index contributed by atoms with van der Waals surface area (Å²) in [6.45, 7) is 5.66. The van der Waals surface area contributed by atoms with Gasteiger partial charge in [-0.3, -0.25) is 4.79 Å². The second kappa shape index (κ2) is 9.84. The number of nitrogens with one attached hydrogen (secondary N) is 1. The molecule has 1 atom stereocenters. The number of sulfonamides is 1. The third-order valence-corrected chi connectivity index (χ3v) is 5.90. The fourth-order valence-electron chi connectivity index (χ4n) is 2.63. The normalized spacial score (nSPS) is 12.6. The first-order valence-corrected chi connectivity index (χ1v) is 10.8. The van der Waals surface area contributed by atoms with Crippen molar-refractivity contribution in [3.05, 3.63) is 59.9 Å². The van der Waals surface area contributed by atoms with Gasteiger partial charge in [-0.25, -0.2) is 12.8 Å². The number of benzene rings is 2. The molecule has 0 aromatic heterocycles. The zero-order chi connectivity index (χ0) is 21.6. The third-order valence-electron chi connectivity index (χ3n) is 4.44. The maximum Gasteiger partial charge on any atom is 0.241 e. The first kappa shape index (κ1) is 22.8. The predicted molar refractivity (Wildman–Crippen MR) is 110 cm³/mol. The van der Waals surface area contributed by atoms with Gasteiger partial charge < -0.3 is 9.64 Å². The molecule has 0 saturated carbocycles. The van der Waals surface area contributed by atoms with Crippen LogP contribution in [0.5, 0.6) is 5.75 Å². The Morgan fingerprint density at radius 1 is 1.14 bits per heavy atom. The Kier molecular flexibility index (Phi) is 7.75. The molecule has 0 aliphatic rings. The largest absolute Gasteiger partial charge is 0.489 e. The average Bonchev–Trinajstić information content (AvgIpc) is 2.67. The topological polar surface area (TPSA) is 75.7 Å². The summed E-state index contributed by atoms with van der Waals surface area (Å²) < 4.78 is 46.8. The van der Waals surface area contributed by atoms with Crippen LogP contribution in [-0.2, 0) is 14.8 Å². The summed E-state index contributed by atoms with van der Waals surface area (Å²) in [5.74, 6) is -1.02. The number of amides is 1. The van der Waals surface area contributed by atoms with E-state index in [9.17, 15) is 17.6 Å². The van der Waals surface area contributed by atoms with Gasteiger partial charge in [-0.2, -0.15) is 4.72 Å². The van der Waals surface area contributed by atoms with E-state index in [-0.39, 0.29) is 35.6 Å². The van der Waals surface area contributed by atoms with Gasteiger partial charge in [0.15, 0.2) is 11.6 Å². The Labute approximate surface area is 171 Å².